The Morgan fingerprint density at radius 3 is 2.29 bits per heavy atom. The molecule has 0 fully saturated rings. The number of carbonyl (C=O) groups is 1. The average molecular weight is 392 g/mol. The number of anilines is 1. The molecule has 0 saturated heterocycles. The first kappa shape index (κ1) is 19.1. The fraction of sp³-hybridized carbons (Fsp3) is 0.0476. The minimum absolute atomic E-state index is 0.0852. The molecule has 0 radical (unpaired) electrons. The van der Waals surface area contributed by atoms with Crippen molar-refractivity contribution < 1.29 is 18.3 Å². The van der Waals surface area contributed by atoms with Crippen LogP contribution in [0.15, 0.2) is 77.8 Å². The highest BCUT2D eigenvalue weighted by Gasteiger charge is 2.23. The molecule has 1 aromatic heterocycles. The highest BCUT2D eigenvalue weighted by atomic mass is 32.2. The molecule has 140 valence electrons. The van der Waals surface area contributed by atoms with Crippen LogP contribution in [0.2, 0.25) is 0 Å². The molecule has 0 atom stereocenters. The van der Waals surface area contributed by atoms with Crippen molar-refractivity contribution >= 4 is 21.7 Å². The Morgan fingerprint density at radius 2 is 1.64 bits per heavy atom. The van der Waals surface area contributed by atoms with Crippen molar-refractivity contribution in [3.63, 3.8) is 0 Å². The molecule has 0 unspecified atom stereocenters. The Balaban J connectivity index is 1.97. The molecule has 2 aromatic carbocycles. The predicted molar refractivity (Wildman–Crippen MR) is 106 cm³/mol. The van der Waals surface area contributed by atoms with E-state index in [9.17, 15) is 13.2 Å². The Bertz CT molecular complexity index is 1160. The quantitative estimate of drug-likeness (QED) is 0.690. The molecule has 6 nitrogen and oxygen atoms in total. The van der Waals surface area contributed by atoms with Crippen molar-refractivity contribution in [1.29, 1.82) is 0 Å². The number of carboxylic acids is 1. The summed E-state index contributed by atoms with van der Waals surface area (Å²) in [5, 5.41) is 8.89. The Hall–Kier alpha value is -3.63. The molecule has 3 rings (SSSR count). The molecule has 1 N–H and O–H groups in total. The molecule has 3 aromatic rings. The summed E-state index contributed by atoms with van der Waals surface area (Å²) in [6.45, 7) is 0. The zero-order valence-corrected chi connectivity index (χ0v) is 15.7. The van der Waals surface area contributed by atoms with Gasteiger partial charge in [0.05, 0.1) is 5.69 Å². The Kier molecular flexibility index (Phi) is 5.43. The summed E-state index contributed by atoms with van der Waals surface area (Å²) >= 11 is 0. The van der Waals surface area contributed by atoms with Gasteiger partial charge < -0.3 is 5.11 Å². The van der Waals surface area contributed by atoms with Gasteiger partial charge in [-0.25, -0.2) is 18.2 Å². The first-order valence-electron chi connectivity index (χ1n) is 8.24. The van der Waals surface area contributed by atoms with Crippen LogP contribution in [-0.2, 0) is 10.0 Å². The first-order valence-corrected chi connectivity index (χ1v) is 9.68. The molecule has 0 bridgehead atoms. The molecule has 0 aliphatic carbocycles. The van der Waals surface area contributed by atoms with Crippen molar-refractivity contribution in [1.82, 2.24) is 4.98 Å². The maximum atomic E-state index is 13.1. The van der Waals surface area contributed by atoms with Gasteiger partial charge in [0.15, 0.2) is 0 Å². The van der Waals surface area contributed by atoms with Gasteiger partial charge in [0, 0.05) is 24.4 Å². The Morgan fingerprint density at radius 1 is 0.964 bits per heavy atom. The van der Waals surface area contributed by atoms with Crippen molar-refractivity contribution in [3.05, 3.63) is 89.7 Å². The Labute approximate surface area is 163 Å². The fourth-order valence-electron chi connectivity index (χ4n) is 2.45. The second-order valence-corrected chi connectivity index (χ2v) is 7.73. The minimum atomic E-state index is -3.81. The number of hydrogen-bond donors (Lipinski definition) is 1. The van der Waals surface area contributed by atoms with Crippen molar-refractivity contribution in [2.24, 2.45) is 0 Å². The molecule has 0 aliphatic rings. The van der Waals surface area contributed by atoms with E-state index in [2.05, 4.69) is 16.8 Å². The number of para-hydroxylation sites is 1. The topological polar surface area (TPSA) is 87.6 Å². The van der Waals surface area contributed by atoms with E-state index in [1.165, 1.54) is 35.7 Å². The van der Waals surface area contributed by atoms with E-state index in [-0.39, 0.29) is 10.6 Å². The zero-order chi connectivity index (χ0) is 20.1. The molecule has 0 aliphatic heterocycles. The third-order valence-corrected chi connectivity index (χ3v) is 5.81. The summed E-state index contributed by atoms with van der Waals surface area (Å²) in [6, 6.07) is 18.1. The van der Waals surface area contributed by atoms with E-state index in [0.29, 0.717) is 16.8 Å². The van der Waals surface area contributed by atoms with Gasteiger partial charge in [-0.05, 0) is 36.4 Å². The number of aromatic carboxylic acids is 1. The maximum Gasteiger partial charge on any atom is 0.354 e. The maximum absolute atomic E-state index is 13.1. The molecule has 0 spiro atoms. The van der Waals surface area contributed by atoms with Crippen molar-refractivity contribution in [2.75, 3.05) is 11.4 Å². The molecule has 0 amide bonds. The van der Waals surface area contributed by atoms with Crippen LogP contribution in [0.3, 0.4) is 0 Å². The second kappa shape index (κ2) is 7.94. The van der Waals surface area contributed by atoms with Crippen LogP contribution in [0.4, 0.5) is 5.69 Å². The monoisotopic (exact) mass is 392 g/mol. The SMILES string of the molecule is CN(c1ccccc1)S(=O)(=O)c1ccccc1C#Cc1ccc(C(=O)O)nc1. The van der Waals surface area contributed by atoms with Crippen molar-refractivity contribution in [3.8, 4) is 11.8 Å². The van der Waals surface area contributed by atoms with Crippen LogP contribution in [0, 0.1) is 11.8 Å². The third kappa shape index (κ3) is 4.03. The van der Waals surface area contributed by atoms with E-state index in [1.54, 1.807) is 42.5 Å². The largest absolute Gasteiger partial charge is 0.477 e. The number of nitrogens with zero attached hydrogens (tertiary/aromatic N) is 2. The highest BCUT2D eigenvalue weighted by Crippen LogP contribution is 2.23. The summed E-state index contributed by atoms with van der Waals surface area (Å²) in [7, 11) is -2.32. The van der Waals surface area contributed by atoms with Gasteiger partial charge in [0.25, 0.3) is 10.0 Å². The van der Waals surface area contributed by atoms with Crippen molar-refractivity contribution in [2.45, 2.75) is 4.90 Å². The number of rotatable bonds is 4. The lowest BCUT2D eigenvalue weighted by atomic mass is 10.2. The van der Waals surface area contributed by atoms with Gasteiger partial charge in [0.2, 0.25) is 0 Å². The van der Waals surface area contributed by atoms with E-state index in [0.717, 1.165) is 0 Å². The molecule has 1 heterocycles. The third-order valence-electron chi connectivity index (χ3n) is 3.97. The van der Waals surface area contributed by atoms with Crippen LogP contribution >= 0.6 is 0 Å². The van der Waals surface area contributed by atoms with E-state index < -0.39 is 16.0 Å². The summed E-state index contributed by atoms with van der Waals surface area (Å²) < 4.78 is 27.3. The summed E-state index contributed by atoms with van der Waals surface area (Å²) in [5.41, 5.74) is 1.28. The van der Waals surface area contributed by atoms with Crippen LogP contribution in [-0.4, -0.2) is 31.5 Å². The number of sulfonamides is 1. The van der Waals surface area contributed by atoms with Gasteiger partial charge in [0.1, 0.15) is 10.6 Å². The summed E-state index contributed by atoms with van der Waals surface area (Å²) in [4.78, 5) is 14.7. The number of pyridine rings is 1. The second-order valence-electron chi connectivity index (χ2n) is 5.79. The van der Waals surface area contributed by atoms with Gasteiger partial charge >= 0.3 is 5.97 Å². The smallest absolute Gasteiger partial charge is 0.354 e. The average Bonchev–Trinajstić information content (AvgIpc) is 2.72. The number of aromatic nitrogens is 1. The normalized spacial score (nSPS) is 10.6. The van der Waals surface area contributed by atoms with Crippen LogP contribution in [0.5, 0.6) is 0 Å². The fourth-order valence-corrected chi connectivity index (χ4v) is 3.79. The van der Waals surface area contributed by atoms with Gasteiger partial charge in [-0.15, -0.1) is 0 Å². The molecular formula is C21H16N2O4S. The van der Waals surface area contributed by atoms with E-state index in [4.69, 9.17) is 5.11 Å². The molecule has 7 heteroatoms. The minimum Gasteiger partial charge on any atom is -0.477 e. The van der Waals surface area contributed by atoms with Crippen LogP contribution < -0.4 is 4.31 Å². The molecular weight excluding hydrogens is 376 g/mol. The van der Waals surface area contributed by atoms with Crippen LogP contribution in [0.25, 0.3) is 0 Å². The van der Waals surface area contributed by atoms with E-state index >= 15 is 0 Å². The van der Waals surface area contributed by atoms with Gasteiger partial charge in [-0.2, -0.15) is 0 Å². The first-order chi connectivity index (χ1) is 13.4. The van der Waals surface area contributed by atoms with E-state index in [1.807, 2.05) is 6.07 Å². The summed E-state index contributed by atoms with van der Waals surface area (Å²) in [6.07, 6.45) is 1.34. The number of hydrogen-bond acceptors (Lipinski definition) is 4. The standard InChI is InChI=1S/C21H16N2O4S/c1-23(18-8-3-2-4-9-18)28(26,27)20-10-6-5-7-17(20)13-11-16-12-14-19(21(24)25)22-15-16/h2-10,12,14-15H,1H3,(H,24,25). The number of carboxylic acid groups (broad SMARTS) is 1. The lowest BCUT2D eigenvalue weighted by Crippen LogP contribution is -2.27. The molecule has 28 heavy (non-hydrogen) atoms. The molecule has 0 saturated carbocycles. The van der Waals surface area contributed by atoms with Gasteiger partial charge in [-0.3, -0.25) is 4.31 Å². The summed E-state index contributed by atoms with van der Waals surface area (Å²) in [5.74, 6) is 4.55. The lowest BCUT2D eigenvalue weighted by molar-refractivity contribution is 0.0690. The predicted octanol–water partition coefficient (Wildman–Crippen LogP) is 3.00. The highest BCUT2D eigenvalue weighted by molar-refractivity contribution is 7.92. The van der Waals surface area contributed by atoms with Gasteiger partial charge in [-0.1, -0.05) is 42.2 Å². The van der Waals surface area contributed by atoms with Crippen LogP contribution in [0.1, 0.15) is 21.6 Å². The zero-order valence-electron chi connectivity index (χ0n) is 14.9. The lowest BCUT2D eigenvalue weighted by Gasteiger charge is -2.20. The number of benzene rings is 2.